The molecule has 3 nitrogen and oxygen atoms in total. The lowest BCUT2D eigenvalue weighted by Gasteiger charge is -2.32. The average Bonchev–Trinajstić information content (AvgIpc) is 2.64. The Hall–Kier alpha value is -1.20. The van der Waals surface area contributed by atoms with Gasteiger partial charge in [-0.15, -0.1) is 11.8 Å². The number of thioether (sulfide) groups is 1. The third-order valence-corrected chi connectivity index (χ3v) is 6.23. The highest BCUT2D eigenvalue weighted by molar-refractivity contribution is 8.00. The van der Waals surface area contributed by atoms with Crippen LogP contribution in [-0.4, -0.2) is 35.7 Å². The fourth-order valence-corrected chi connectivity index (χ4v) is 4.23. The van der Waals surface area contributed by atoms with Gasteiger partial charge < -0.3 is 5.32 Å². The number of hydrogen-bond acceptors (Lipinski definition) is 3. The van der Waals surface area contributed by atoms with Crippen molar-refractivity contribution in [2.24, 2.45) is 0 Å². The van der Waals surface area contributed by atoms with Crippen molar-refractivity contribution in [3.8, 4) is 0 Å². The molecular weight excluding hydrogens is 387 g/mol. The van der Waals surface area contributed by atoms with E-state index in [-0.39, 0.29) is 11.9 Å². The Balaban J connectivity index is 1.38. The van der Waals surface area contributed by atoms with E-state index in [9.17, 15) is 4.79 Å². The van der Waals surface area contributed by atoms with Crippen LogP contribution < -0.4 is 5.32 Å². The minimum Gasteiger partial charge on any atom is -0.353 e. The minimum atomic E-state index is 0.0751. The zero-order valence-corrected chi connectivity index (χ0v) is 16.8. The smallest absolute Gasteiger partial charge is 0.230 e. The van der Waals surface area contributed by atoms with Crippen LogP contribution in [0, 0.1) is 0 Å². The van der Waals surface area contributed by atoms with Crippen molar-refractivity contribution in [2.75, 3.05) is 18.8 Å². The number of amides is 1. The normalized spacial score (nSPS) is 15.8. The first-order valence-corrected chi connectivity index (χ1v) is 10.5. The van der Waals surface area contributed by atoms with Crippen molar-refractivity contribution in [2.45, 2.75) is 30.3 Å². The molecule has 0 atom stereocenters. The van der Waals surface area contributed by atoms with Gasteiger partial charge in [0.15, 0.2) is 0 Å². The second kappa shape index (κ2) is 9.65. The molecule has 0 bridgehead atoms. The first-order valence-electron chi connectivity index (χ1n) is 8.73. The maximum absolute atomic E-state index is 12.2. The topological polar surface area (TPSA) is 32.3 Å². The van der Waals surface area contributed by atoms with Crippen LogP contribution in [0.3, 0.4) is 0 Å². The summed E-state index contributed by atoms with van der Waals surface area (Å²) in [5, 5.41) is 4.62. The minimum absolute atomic E-state index is 0.0751. The Bertz CT molecular complexity index is 731. The van der Waals surface area contributed by atoms with Crippen molar-refractivity contribution in [1.82, 2.24) is 10.2 Å². The van der Waals surface area contributed by atoms with Gasteiger partial charge in [0, 0.05) is 35.6 Å². The lowest BCUT2D eigenvalue weighted by molar-refractivity contribution is -0.119. The highest BCUT2D eigenvalue weighted by atomic mass is 35.5. The van der Waals surface area contributed by atoms with E-state index in [1.165, 1.54) is 17.3 Å². The first kappa shape index (κ1) is 19.6. The highest BCUT2D eigenvalue weighted by Gasteiger charge is 2.20. The maximum Gasteiger partial charge on any atom is 0.230 e. The molecule has 0 radical (unpaired) electrons. The molecule has 3 rings (SSSR count). The van der Waals surface area contributed by atoms with Crippen LogP contribution in [0.2, 0.25) is 10.0 Å². The summed E-state index contributed by atoms with van der Waals surface area (Å²) in [5.41, 5.74) is 1.27. The summed E-state index contributed by atoms with van der Waals surface area (Å²) in [4.78, 5) is 15.6. The summed E-state index contributed by atoms with van der Waals surface area (Å²) < 4.78 is 0. The number of benzene rings is 2. The third kappa shape index (κ3) is 5.92. The molecule has 2 aromatic carbocycles. The maximum atomic E-state index is 12.2. The predicted octanol–water partition coefficient (Wildman–Crippen LogP) is 4.87. The summed E-state index contributed by atoms with van der Waals surface area (Å²) >= 11 is 13.5. The molecule has 1 amide bonds. The van der Waals surface area contributed by atoms with Crippen molar-refractivity contribution >= 4 is 40.9 Å². The number of nitrogens with one attached hydrogen (secondary N) is 1. The van der Waals surface area contributed by atoms with Gasteiger partial charge in [-0.3, -0.25) is 9.69 Å². The molecule has 1 fully saturated rings. The fourth-order valence-electron chi connectivity index (χ4n) is 3.06. The Kier molecular flexibility index (Phi) is 7.26. The zero-order valence-electron chi connectivity index (χ0n) is 14.5. The zero-order chi connectivity index (χ0) is 18.4. The molecule has 1 N–H and O–H groups in total. The molecule has 1 aliphatic rings. The lowest BCUT2D eigenvalue weighted by atomic mass is 10.0. The molecule has 138 valence electrons. The SMILES string of the molecule is O=C(CSc1ccccc1Cl)NC1CCN(Cc2ccc(Cl)cc2)CC1. The van der Waals surface area contributed by atoms with Crippen LogP contribution in [0.1, 0.15) is 18.4 Å². The van der Waals surface area contributed by atoms with Gasteiger partial charge in [0.1, 0.15) is 0 Å². The van der Waals surface area contributed by atoms with Gasteiger partial charge in [-0.25, -0.2) is 0 Å². The van der Waals surface area contributed by atoms with Crippen molar-refractivity contribution in [3.63, 3.8) is 0 Å². The quantitative estimate of drug-likeness (QED) is 0.692. The number of halogens is 2. The van der Waals surface area contributed by atoms with Gasteiger partial charge in [-0.05, 0) is 42.7 Å². The number of likely N-dealkylation sites (tertiary alicyclic amines) is 1. The van der Waals surface area contributed by atoms with E-state index in [2.05, 4.69) is 22.3 Å². The van der Waals surface area contributed by atoms with E-state index in [1.807, 2.05) is 36.4 Å². The van der Waals surface area contributed by atoms with Crippen molar-refractivity contribution in [3.05, 3.63) is 64.1 Å². The van der Waals surface area contributed by atoms with Crippen molar-refractivity contribution < 1.29 is 4.79 Å². The number of rotatable bonds is 6. The lowest BCUT2D eigenvalue weighted by Crippen LogP contribution is -2.44. The van der Waals surface area contributed by atoms with Crippen LogP contribution in [-0.2, 0) is 11.3 Å². The number of piperidine rings is 1. The Morgan fingerprint density at radius 2 is 1.77 bits per heavy atom. The molecule has 26 heavy (non-hydrogen) atoms. The average molecular weight is 409 g/mol. The van der Waals surface area contributed by atoms with Crippen LogP contribution in [0.15, 0.2) is 53.4 Å². The van der Waals surface area contributed by atoms with E-state index in [1.54, 1.807) is 0 Å². The molecule has 1 saturated heterocycles. The standard InChI is InChI=1S/C20H22Cl2N2OS/c21-16-7-5-15(6-8-16)13-24-11-9-17(10-12-24)23-20(25)14-26-19-4-2-1-3-18(19)22/h1-8,17H,9-14H2,(H,23,25). The van der Waals surface area contributed by atoms with Crippen LogP contribution in [0.5, 0.6) is 0 Å². The molecule has 0 aliphatic carbocycles. The largest absolute Gasteiger partial charge is 0.353 e. The van der Waals surface area contributed by atoms with Crippen LogP contribution in [0.4, 0.5) is 0 Å². The summed E-state index contributed by atoms with van der Waals surface area (Å²) in [6, 6.07) is 15.9. The Labute approximate surface area is 169 Å². The highest BCUT2D eigenvalue weighted by Crippen LogP contribution is 2.26. The van der Waals surface area contributed by atoms with E-state index >= 15 is 0 Å². The first-order chi connectivity index (χ1) is 12.6. The van der Waals surface area contributed by atoms with Gasteiger partial charge in [0.25, 0.3) is 0 Å². The number of nitrogens with zero attached hydrogens (tertiary/aromatic N) is 1. The van der Waals surface area contributed by atoms with E-state index in [0.29, 0.717) is 10.8 Å². The molecule has 0 aromatic heterocycles. The van der Waals surface area contributed by atoms with Gasteiger partial charge >= 0.3 is 0 Å². The summed E-state index contributed by atoms with van der Waals surface area (Å²) in [7, 11) is 0. The van der Waals surface area contributed by atoms with E-state index < -0.39 is 0 Å². The molecule has 0 unspecified atom stereocenters. The van der Waals surface area contributed by atoms with Gasteiger partial charge in [-0.1, -0.05) is 47.5 Å². The molecule has 1 aliphatic heterocycles. The summed E-state index contributed by atoms with van der Waals surface area (Å²) in [5.74, 6) is 0.473. The van der Waals surface area contributed by atoms with Crippen LogP contribution >= 0.6 is 35.0 Å². The monoisotopic (exact) mass is 408 g/mol. The summed E-state index contributed by atoms with van der Waals surface area (Å²) in [6.07, 6.45) is 1.96. The van der Waals surface area contributed by atoms with Gasteiger partial charge in [-0.2, -0.15) is 0 Å². The van der Waals surface area contributed by atoms with Crippen molar-refractivity contribution in [1.29, 1.82) is 0 Å². The molecule has 2 aromatic rings. The predicted molar refractivity (Wildman–Crippen MR) is 110 cm³/mol. The molecular formula is C20H22Cl2N2OS. The van der Waals surface area contributed by atoms with E-state index in [0.717, 1.165) is 42.4 Å². The van der Waals surface area contributed by atoms with Gasteiger partial charge in [0.2, 0.25) is 5.91 Å². The molecule has 0 spiro atoms. The molecule has 0 saturated carbocycles. The van der Waals surface area contributed by atoms with Crippen LogP contribution in [0.25, 0.3) is 0 Å². The second-order valence-electron chi connectivity index (χ2n) is 6.46. The summed E-state index contributed by atoms with van der Waals surface area (Å²) in [6.45, 7) is 2.91. The molecule has 6 heteroatoms. The Morgan fingerprint density at radius 1 is 1.08 bits per heavy atom. The molecule has 1 heterocycles. The number of carbonyl (C=O) groups excluding carboxylic acids is 1. The number of hydrogen-bond donors (Lipinski definition) is 1. The second-order valence-corrected chi connectivity index (χ2v) is 8.32. The Morgan fingerprint density at radius 3 is 2.46 bits per heavy atom. The number of carbonyl (C=O) groups is 1. The van der Waals surface area contributed by atoms with E-state index in [4.69, 9.17) is 23.2 Å². The third-order valence-electron chi connectivity index (χ3n) is 4.47. The van der Waals surface area contributed by atoms with Gasteiger partial charge in [0.05, 0.1) is 10.8 Å². The fraction of sp³-hybridized carbons (Fsp3) is 0.350.